The monoisotopic (exact) mass is 166 g/mol. The molecule has 1 heterocycles. The Hall–Kier alpha value is -0.370. The highest BCUT2D eigenvalue weighted by molar-refractivity contribution is 5.84. The number of hydrogen-bond acceptors (Lipinski definition) is 2. The smallest absolute Gasteiger partial charge is 0.138 e. The topological polar surface area (TPSA) is 26.3 Å². The molecular weight excluding hydrogens is 152 g/mol. The molecular formula is C10H14O2. The van der Waals surface area contributed by atoms with Crippen molar-refractivity contribution in [2.75, 3.05) is 6.61 Å². The molecule has 3 fully saturated rings. The zero-order valence-corrected chi connectivity index (χ0v) is 7.21. The van der Waals surface area contributed by atoms with Crippen molar-refractivity contribution in [2.24, 2.45) is 11.8 Å². The first-order valence-electron chi connectivity index (χ1n) is 4.99. The minimum atomic E-state index is 0.0509. The molecule has 2 nitrogen and oxygen atoms in total. The minimum Gasteiger partial charge on any atom is -0.374 e. The van der Waals surface area contributed by atoms with Gasteiger partial charge in [0.1, 0.15) is 5.78 Å². The molecule has 0 aromatic carbocycles. The van der Waals surface area contributed by atoms with E-state index in [1.807, 2.05) is 0 Å². The molecule has 1 aliphatic heterocycles. The van der Waals surface area contributed by atoms with Crippen LogP contribution in [0.4, 0.5) is 0 Å². The average Bonchev–Trinajstić information content (AvgIpc) is 2.33. The van der Waals surface area contributed by atoms with Gasteiger partial charge in [-0.05, 0) is 31.6 Å². The fourth-order valence-corrected chi connectivity index (χ4v) is 3.35. The Labute approximate surface area is 72.3 Å². The lowest BCUT2D eigenvalue weighted by atomic mass is 9.55. The Bertz CT molecular complexity index is 236. The molecule has 1 spiro atoms. The normalized spacial score (nSPS) is 51.2. The molecule has 0 radical (unpaired) electrons. The van der Waals surface area contributed by atoms with Crippen molar-refractivity contribution in [3.8, 4) is 0 Å². The van der Waals surface area contributed by atoms with Gasteiger partial charge in [0.15, 0.2) is 0 Å². The van der Waals surface area contributed by atoms with Crippen molar-refractivity contribution in [1.82, 2.24) is 0 Å². The van der Waals surface area contributed by atoms with Crippen LogP contribution in [0.2, 0.25) is 0 Å². The molecule has 3 atom stereocenters. The van der Waals surface area contributed by atoms with Crippen LogP contribution in [-0.2, 0) is 9.53 Å². The zero-order valence-electron chi connectivity index (χ0n) is 7.21. The van der Waals surface area contributed by atoms with Crippen molar-refractivity contribution in [3.63, 3.8) is 0 Å². The van der Waals surface area contributed by atoms with Gasteiger partial charge >= 0.3 is 0 Å². The van der Waals surface area contributed by atoms with Crippen LogP contribution < -0.4 is 0 Å². The number of carbonyl (C=O) groups excluding carboxylic acids is 1. The summed E-state index contributed by atoms with van der Waals surface area (Å²) in [6, 6.07) is 0. The first-order chi connectivity index (χ1) is 5.83. The molecule has 3 aliphatic rings. The van der Waals surface area contributed by atoms with E-state index >= 15 is 0 Å². The number of hydrogen-bond donors (Lipinski definition) is 0. The molecule has 0 N–H and O–H groups in total. The minimum absolute atomic E-state index is 0.0509. The standard InChI is InChI=1S/C10H14O2/c11-9-2-1-4-10-7(3-5-12-10)6-8(9)10/h7-8H,1-6H2/t7-,8+,10-/m0/s1. The second-order valence-electron chi connectivity index (χ2n) is 4.40. The Balaban J connectivity index is 1.92. The van der Waals surface area contributed by atoms with Gasteiger partial charge in [-0.3, -0.25) is 4.79 Å². The third-order valence-electron chi connectivity index (χ3n) is 4.02. The van der Waals surface area contributed by atoms with Gasteiger partial charge in [-0.25, -0.2) is 0 Å². The maximum absolute atomic E-state index is 11.5. The van der Waals surface area contributed by atoms with Crippen LogP contribution >= 0.6 is 0 Å². The molecule has 0 aromatic heterocycles. The second kappa shape index (κ2) is 2.11. The lowest BCUT2D eigenvalue weighted by Gasteiger charge is -2.53. The first-order valence-corrected chi connectivity index (χ1v) is 4.99. The lowest BCUT2D eigenvalue weighted by Crippen LogP contribution is -2.58. The molecule has 0 amide bonds. The molecule has 2 aliphatic carbocycles. The fourth-order valence-electron chi connectivity index (χ4n) is 3.35. The van der Waals surface area contributed by atoms with E-state index in [9.17, 15) is 4.79 Å². The Morgan fingerprint density at radius 1 is 1.50 bits per heavy atom. The number of ketones is 1. The van der Waals surface area contributed by atoms with Crippen molar-refractivity contribution in [2.45, 2.75) is 37.7 Å². The number of rotatable bonds is 0. The third kappa shape index (κ3) is 0.634. The van der Waals surface area contributed by atoms with Gasteiger partial charge in [-0.2, -0.15) is 0 Å². The van der Waals surface area contributed by atoms with Crippen LogP contribution in [0.15, 0.2) is 0 Å². The van der Waals surface area contributed by atoms with Gasteiger partial charge in [-0.15, -0.1) is 0 Å². The highest BCUT2D eigenvalue weighted by Gasteiger charge is 2.62. The van der Waals surface area contributed by atoms with E-state index in [2.05, 4.69) is 0 Å². The molecule has 3 rings (SSSR count). The van der Waals surface area contributed by atoms with E-state index in [1.165, 1.54) is 6.42 Å². The van der Waals surface area contributed by atoms with E-state index in [4.69, 9.17) is 4.74 Å². The van der Waals surface area contributed by atoms with E-state index in [-0.39, 0.29) is 5.60 Å². The maximum Gasteiger partial charge on any atom is 0.138 e. The van der Waals surface area contributed by atoms with Crippen LogP contribution in [0.25, 0.3) is 0 Å². The molecule has 1 saturated heterocycles. The van der Waals surface area contributed by atoms with Crippen molar-refractivity contribution >= 4 is 5.78 Å². The van der Waals surface area contributed by atoms with Gasteiger partial charge in [0.25, 0.3) is 0 Å². The molecule has 2 heteroatoms. The van der Waals surface area contributed by atoms with Crippen LogP contribution in [0.3, 0.4) is 0 Å². The maximum atomic E-state index is 11.5. The van der Waals surface area contributed by atoms with E-state index in [0.717, 1.165) is 38.2 Å². The van der Waals surface area contributed by atoms with Gasteiger partial charge in [0, 0.05) is 18.9 Å². The van der Waals surface area contributed by atoms with Crippen LogP contribution in [0.1, 0.15) is 32.1 Å². The lowest BCUT2D eigenvalue weighted by molar-refractivity contribution is -0.172. The highest BCUT2D eigenvalue weighted by Crippen LogP contribution is 2.57. The second-order valence-corrected chi connectivity index (χ2v) is 4.40. The van der Waals surface area contributed by atoms with Gasteiger partial charge in [-0.1, -0.05) is 0 Å². The van der Waals surface area contributed by atoms with Gasteiger partial charge < -0.3 is 4.74 Å². The fraction of sp³-hybridized carbons (Fsp3) is 0.900. The Morgan fingerprint density at radius 3 is 3.25 bits per heavy atom. The predicted octanol–water partition coefficient (Wildman–Crippen LogP) is 1.53. The SMILES string of the molecule is O=C1CCC[C@]23OCC[C@H]2C[C@H]13. The number of carbonyl (C=O) groups is 1. The molecule has 2 saturated carbocycles. The Kier molecular flexibility index (Phi) is 1.24. The number of ether oxygens (including phenoxy) is 1. The highest BCUT2D eigenvalue weighted by atomic mass is 16.5. The summed E-state index contributed by atoms with van der Waals surface area (Å²) < 4.78 is 5.79. The molecule has 0 aromatic rings. The van der Waals surface area contributed by atoms with Crippen molar-refractivity contribution in [1.29, 1.82) is 0 Å². The summed E-state index contributed by atoms with van der Waals surface area (Å²) in [5.74, 6) is 1.49. The molecule has 12 heavy (non-hydrogen) atoms. The summed E-state index contributed by atoms with van der Waals surface area (Å²) in [5.41, 5.74) is 0.0509. The van der Waals surface area contributed by atoms with Crippen LogP contribution in [-0.4, -0.2) is 18.0 Å². The van der Waals surface area contributed by atoms with Crippen molar-refractivity contribution in [3.05, 3.63) is 0 Å². The largest absolute Gasteiger partial charge is 0.374 e. The summed E-state index contributed by atoms with van der Waals surface area (Å²) >= 11 is 0. The predicted molar refractivity (Wildman–Crippen MR) is 43.8 cm³/mol. The molecule has 66 valence electrons. The summed E-state index contributed by atoms with van der Waals surface area (Å²) in [5, 5.41) is 0. The molecule has 0 unspecified atom stereocenters. The first kappa shape index (κ1) is 7.07. The van der Waals surface area contributed by atoms with Crippen molar-refractivity contribution < 1.29 is 9.53 Å². The quantitative estimate of drug-likeness (QED) is 0.545. The van der Waals surface area contributed by atoms with Gasteiger partial charge in [0.05, 0.1) is 5.60 Å². The molecule has 0 bridgehead atoms. The van der Waals surface area contributed by atoms with E-state index in [1.54, 1.807) is 0 Å². The van der Waals surface area contributed by atoms with Crippen LogP contribution in [0, 0.1) is 11.8 Å². The summed E-state index contributed by atoms with van der Waals surface area (Å²) in [7, 11) is 0. The average molecular weight is 166 g/mol. The van der Waals surface area contributed by atoms with Gasteiger partial charge in [0.2, 0.25) is 0 Å². The van der Waals surface area contributed by atoms with E-state index in [0.29, 0.717) is 11.7 Å². The number of Topliss-reactive ketones (excluding diaryl/α,β-unsaturated/α-hetero) is 1. The van der Waals surface area contributed by atoms with Crippen LogP contribution in [0.5, 0.6) is 0 Å². The zero-order chi connectivity index (χ0) is 8.18. The Morgan fingerprint density at radius 2 is 2.42 bits per heavy atom. The summed E-state index contributed by atoms with van der Waals surface area (Å²) in [6.45, 7) is 0.897. The third-order valence-corrected chi connectivity index (χ3v) is 4.02. The summed E-state index contributed by atoms with van der Waals surface area (Å²) in [4.78, 5) is 11.5. The summed E-state index contributed by atoms with van der Waals surface area (Å²) in [6.07, 6.45) is 5.34. The van der Waals surface area contributed by atoms with E-state index < -0.39 is 0 Å².